The van der Waals surface area contributed by atoms with Gasteiger partial charge in [0.2, 0.25) is 11.0 Å². The average Bonchev–Trinajstić information content (AvgIpc) is 3.07. The summed E-state index contributed by atoms with van der Waals surface area (Å²) in [4.78, 5) is 12.1. The normalized spacial score (nSPS) is 11.1. The number of benzene rings is 1. The fourth-order valence-corrected chi connectivity index (χ4v) is 3.09. The molecule has 146 valence electrons. The number of nitrogens with zero attached hydrogens (tertiary/aromatic N) is 2. The Kier molecular flexibility index (Phi) is 8.26. The Balaban J connectivity index is 1.95. The van der Waals surface area contributed by atoms with Crippen LogP contribution in [-0.2, 0) is 11.2 Å². The van der Waals surface area contributed by atoms with E-state index in [0.717, 1.165) is 29.8 Å². The summed E-state index contributed by atoms with van der Waals surface area (Å²) in [6.45, 7) is 7.04. The summed E-state index contributed by atoms with van der Waals surface area (Å²) in [6.07, 6.45) is 6.05. The van der Waals surface area contributed by atoms with Crippen LogP contribution in [0.5, 0.6) is 11.5 Å². The number of methoxy groups -OCH3 is 1. The molecule has 0 saturated heterocycles. The number of carbonyl (C=O) groups excluding carboxylic acids is 1. The molecule has 1 N–H and O–H groups in total. The highest BCUT2D eigenvalue weighted by molar-refractivity contribution is 7.15. The number of hydrogen-bond donors (Lipinski definition) is 1. The van der Waals surface area contributed by atoms with Crippen molar-refractivity contribution in [2.75, 3.05) is 19.0 Å². The fraction of sp³-hybridized carbons (Fsp3) is 0.450. The molecule has 1 heterocycles. The van der Waals surface area contributed by atoms with Gasteiger partial charge in [0.05, 0.1) is 13.7 Å². The van der Waals surface area contributed by atoms with E-state index >= 15 is 0 Å². The third kappa shape index (κ3) is 7.02. The Labute approximate surface area is 164 Å². The van der Waals surface area contributed by atoms with Crippen molar-refractivity contribution in [2.45, 2.75) is 40.0 Å². The minimum Gasteiger partial charge on any atom is -0.493 e. The molecule has 0 fully saturated rings. The van der Waals surface area contributed by atoms with Gasteiger partial charge in [-0.1, -0.05) is 38.2 Å². The lowest BCUT2D eigenvalue weighted by molar-refractivity contribution is -0.111. The predicted molar refractivity (Wildman–Crippen MR) is 110 cm³/mol. The minimum atomic E-state index is -0.245. The Morgan fingerprint density at radius 2 is 2.11 bits per heavy atom. The van der Waals surface area contributed by atoms with E-state index in [1.807, 2.05) is 18.2 Å². The second-order valence-electron chi connectivity index (χ2n) is 6.51. The lowest BCUT2D eigenvalue weighted by atomic mass is 10.1. The molecule has 0 aliphatic rings. The van der Waals surface area contributed by atoms with E-state index < -0.39 is 0 Å². The number of aromatic nitrogens is 2. The Morgan fingerprint density at radius 1 is 1.30 bits per heavy atom. The number of anilines is 1. The summed E-state index contributed by atoms with van der Waals surface area (Å²) in [5.41, 5.74) is 0.849. The molecule has 0 saturated carbocycles. The molecule has 2 rings (SSSR count). The summed E-state index contributed by atoms with van der Waals surface area (Å²) < 4.78 is 11.2. The van der Waals surface area contributed by atoms with Gasteiger partial charge >= 0.3 is 0 Å². The highest BCUT2D eigenvalue weighted by Crippen LogP contribution is 2.29. The highest BCUT2D eigenvalue weighted by Gasteiger charge is 2.07. The molecule has 27 heavy (non-hydrogen) atoms. The van der Waals surface area contributed by atoms with Gasteiger partial charge in [-0.05, 0) is 42.5 Å². The van der Waals surface area contributed by atoms with Gasteiger partial charge in [-0.3, -0.25) is 10.1 Å². The predicted octanol–water partition coefficient (Wildman–Crippen LogP) is 4.58. The van der Waals surface area contributed by atoms with Crippen molar-refractivity contribution >= 4 is 28.5 Å². The third-order valence-corrected chi connectivity index (χ3v) is 4.63. The summed E-state index contributed by atoms with van der Waals surface area (Å²) in [6, 6.07) is 5.60. The summed E-state index contributed by atoms with van der Waals surface area (Å²) in [5.74, 6) is 1.69. The van der Waals surface area contributed by atoms with Gasteiger partial charge in [-0.15, -0.1) is 10.2 Å². The van der Waals surface area contributed by atoms with Gasteiger partial charge in [0.25, 0.3) is 0 Å². The molecular formula is C20H27N3O3S. The smallest absolute Gasteiger partial charge is 0.250 e. The Bertz CT molecular complexity index is 772. The fourth-order valence-electron chi connectivity index (χ4n) is 2.25. The Morgan fingerprint density at radius 3 is 2.81 bits per heavy atom. The maximum atomic E-state index is 12.1. The van der Waals surface area contributed by atoms with Crippen LogP contribution in [0, 0.1) is 5.92 Å². The zero-order valence-electron chi connectivity index (χ0n) is 16.3. The van der Waals surface area contributed by atoms with Gasteiger partial charge in [-0.25, -0.2) is 0 Å². The number of amides is 1. The summed E-state index contributed by atoms with van der Waals surface area (Å²) in [7, 11) is 1.61. The maximum Gasteiger partial charge on any atom is 0.250 e. The lowest BCUT2D eigenvalue weighted by Crippen LogP contribution is -2.07. The number of nitrogens with one attached hydrogen (secondary N) is 1. The molecule has 6 nitrogen and oxygen atoms in total. The quantitative estimate of drug-likeness (QED) is 0.602. The molecule has 0 aliphatic carbocycles. The van der Waals surface area contributed by atoms with Crippen molar-refractivity contribution in [2.24, 2.45) is 5.92 Å². The number of rotatable bonds is 10. The van der Waals surface area contributed by atoms with E-state index in [-0.39, 0.29) is 5.91 Å². The van der Waals surface area contributed by atoms with Crippen molar-refractivity contribution in [3.05, 3.63) is 34.8 Å². The second-order valence-corrected chi connectivity index (χ2v) is 7.58. The molecule has 0 aliphatic heterocycles. The number of hydrogen-bond acceptors (Lipinski definition) is 6. The molecule has 1 amide bonds. The SMILES string of the molecule is CCCc1nnc(NC(=O)/C=C/c2ccc(OCCC(C)C)c(OC)c2)s1. The van der Waals surface area contributed by atoms with Crippen molar-refractivity contribution in [3.8, 4) is 11.5 Å². The van der Waals surface area contributed by atoms with E-state index in [9.17, 15) is 4.79 Å². The standard InChI is InChI=1S/C20H27N3O3S/c1-5-6-19-22-23-20(27-19)21-18(24)10-8-15-7-9-16(17(13-15)25-4)26-12-11-14(2)3/h7-10,13-14H,5-6,11-12H2,1-4H3,(H,21,23,24)/b10-8+. The van der Waals surface area contributed by atoms with Gasteiger partial charge in [0.1, 0.15) is 5.01 Å². The van der Waals surface area contributed by atoms with Crippen molar-refractivity contribution in [1.29, 1.82) is 0 Å². The van der Waals surface area contributed by atoms with Gasteiger partial charge in [0, 0.05) is 12.5 Å². The number of carbonyl (C=O) groups is 1. The molecule has 0 radical (unpaired) electrons. The summed E-state index contributed by atoms with van der Waals surface area (Å²) >= 11 is 1.40. The number of aryl methyl sites for hydroxylation is 1. The van der Waals surface area contributed by atoms with Crippen LogP contribution in [0.3, 0.4) is 0 Å². The lowest BCUT2D eigenvalue weighted by Gasteiger charge is -2.12. The molecule has 2 aromatic rings. The minimum absolute atomic E-state index is 0.245. The van der Waals surface area contributed by atoms with E-state index in [1.165, 1.54) is 17.4 Å². The second kappa shape index (κ2) is 10.7. The maximum absolute atomic E-state index is 12.1. The molecule has 0 atom stereocenters. The number of ether oxygens (including phenoxy) is 2. The van der Waals surface area contributed by atoms with Gasteiger partial charge in [-0.2, -0.15) is 0 Å². The monoisotopic (exact) mass is 389 g/mol. The largest absolute Gasteiger partial charge is 0.493 e. The zero-order chi connectivity index (χ0) is 19.6. The van der Waals surface area contributed by atoms with E-state index in [2.05, 4.69) is 36.3 Å². The van der Waals surface area contributed by atoms with Gasteiger partial charge in [0.15, 0.2) is 11.5 Å². The van der Waals surface area contributed by atoms with Crippen LogP contribution in [0.4, 0.5) is 5.13 Å². The van der Waals surface area contributed by atoms with Crippen LogP contribution in [-0.4, -0.2) is 29.8 Å². The molecule has 0 spiro atoms. The molecule has 1 aromatic heterocycles. The van der Waals surface area contributed by atoms with E-state index in [4.69, 9.17) is 9.47 Å². The topological polar surface area (TPSA) is 73.3 Å². The van der Waals surface area contributed by atoms with Crippen molar-refractivity contribution < 1.29 is 14.3 Å². The first kappa shape index (κ1) is 20.9. The first-order valence-electron chi connectivity index (χ1n) is 9.14. The van der Waals surface area contributed by atoms with Crippen LogP contribution in [0.25, 0.3) is 6.08 Å². The molecule has 0 unspecified atom stereocenters. The molecular weight excluding hydrogens is 362 g/mol. The van der Waals surface area contributed by atoms with Gasteiger partial charge < -0.3 is 9.47 Å². The van der Waals surface area contributed by atoms with E-state index in [0.29, 0.717) is 29.2 Å². The van der Waals surface area contributed by atoms with Crippen LogP contribution in [0.1, 0.15) is 44.2 Å². The zero-order valence-corrected chi connectivity index (χ0v) is 17.1. The summed E-state index contributed by atoms with van der Waals surface area (Å²) in [5, 5.41) is 12.2. The highest BCUT2D eigenvalue weighted by atomic mass is 32.1. The van der Waals surface area contributed by atoms with Crippen LogP contribution in [0.15, 0.2) is 24.3 Å². The average molecular weight is 390 g/mol. The first-order chi connectivity index (χ1) is 13.0. The van der Waals surface area contributed by atoms with Crippen LogP contribution >= 0.6 is 11.3 Å². The van der Waals surface area contributed by atoms with Crippen LogP contribution in [0.2, 0.25) is 0 Å². The first-order valence-corrected chi connectivity index (χ1v) is 9.95. The molecule has 1 aromatic carbocycles. The molecule has 7 heteroatoms. The van der Waals surface area contributed by atoms with Crippen molar-refractivity contribution in [3.63, 3.8) is 0 Å². The molecule has 0 bridgehead atoms. The van der Waals surface area contributed by atoms with Crippen molar-refractivity contribution in [1.82, 2.24) is 10.2 Å². The Hall–Kier alpha value is -2.41. The third-order valence-electron chi connectivity index (χ3n) is 3.73. The van der Waals surface area contributed by atoms with E-state index in [1.54, 1.807) is 13.2 Å². The van der Waals surface area contributed by atoms with Crippen LogP contribution < -0.4 is 14.8 Å².